The van der Waals surface area contributed by atoms with Crippen molar-refractivity contribution in [3.63, 3.8) is 0 Å². The first kappa shape index (κ1) is 58.7. The van der Waals surface area contributed by atoms with Gasteiger partial charge in [0, 0.05) is 66.7 Å². The third-order valence-corrected chi connectivity index (χ3v) is 13.8. The fourth-order valence-corrected chi connectivity index (χ4v) is 9.85. The van der Waals surface area contributed by atoms with E-state index in [1.54, 1.807) is 0 Å². The zero-order valence-electron chi connectivity index (χ0n) is 36.6. The van der Waals surface area contributed by atoms with Crippen molar-refractivity contribution in [1.82, 2.24) is 30.2 Å². The van der Waals surface area contributed by atoms with Crippen molar-refractivity contribution >= 4 is 98.7 Å². The molecule has 10 N–H and O–H groups in total. The Kier molecular flexibility index (Phi) is 25.8. The van der Waals surface area contributed by atoms with Gasteiger partial charge in [-0.1, -0.05) is 96.7 Å². The number of nitrogens with one attached hydrogen (secondary N) is 2. The SMILES string of the molecule is CCCCCCCCCCCCCC(=O)SCCNC(=O)CCNC(=O)[C@H](O)C(C)(C)COP(=O)(O)OP(=O)(O)OC[C@H]1O[C@@H](n2cnc3c(N)ncnc32)[C@H](O)[C@@H]1OP(=O)(O)O.[Na]. The predicted octanol–water partition coefficient (Wildman–Crippen LogP) is 2.99. The molecule has 1 saturated heterocycles. The molecule has 2 aromatic rings. The second-order valence-electron chi connectivity index (χ2n) is 15.6. The summed E-state index contributed by atoms with van der Waals surface area (Å²) in [5, 5.41) is 26.6. The van der Waals surface area contributed by atoms with E-state index in [0.717, 1.165) is 48.2 Å². The molecule has 2 amide bonds. The molecule has 3 heterocycles. The molecule has 0 aromatic carbocycles. The smallest absolute Gasteiger partial charge is 0.386 e. The molecule has 1 aliphatic heterocycles. The molecule has 2 unspecified atom stereocenters. The van der Waals surface area contributed by atoms with Crippen molar-refractivity contribution in [2.75, 3.05) is 37.8 Å². The summed E-state index contributed by atoms with van der Waals surface area (Å²) in [5.74, 6) is -1.02. The number of aliphatic hydroxyl groups is 2. The molecule has 1 radical (unpaired) electrons. The van der Waals surface area contributed by atoms with Crippen LogP contribution in [0, 0.1) is 5.41 Å². The summed E-state index contributed by atoms with van der Waals surface area (Å²) in [6.07, 6.45) is 6.75. The molecule has 1 aliphatic rings. The summed E-state index contributed by atoms with van der Waals surface area (Å²) in [6.45, 7) is 2.79. The van der Waals surface area contributed by atoms with Crippen molar-refractivity contribution in [2.45, 2.75) is 135 Å². The van der Waals surface area contributed by atoms with Crippen LogP contribution in [0.1, 0.15) is 110 Å². The van der Waals surface area contributed by atoms with Crippen LogP contribution in [0.3, 0.4) is 0 Å². The van der Waals surface area contributed by atoms with Crippen LogP contribution >= 0.6 is 35.2 Å². The van der Waals surface area contributed by atoms with Crippen molar-refractivity contribution in [2.24, 2.45) is 5.41 Å². The Bertz CT molecular complexity index is 1930. The van der Waals surface area contributed by atoms with Crippen LogP contribution < -0.4 is 16.4 Å². The van der Waals surface area contributed by atoms with Gasteiger partial charge in [-0.25, -0.2) is 28.6 Å². The van der Waals surface area contributed by atoms with Gasteiger partial charge in [0.15, 0.2) is 22.8 Å². The maximum absolute atomic E-state index is 12.7. The molecule has 7 atom stereocenters. The summed E-state index contributed by atoms with van der Waals surface area (Å²) in [4.78, 5) is 88.2. The summed E-state index contributed by atoms with van der Waals surface area (Å²) in [7, 11) is -16.4. The number of hydrogen-bond donors (Lipinski definition) is 9. The number of hydrogen-bond acceptors (Lipinski definition) is 18. The molecular formula is C35H62N7NaO17P3S. The number of nitrogens with zero attached hydrogens (tertiary/aromatic N) is 4. The third kappa shape index (κ3) is 20.8. The molecule has 64 heavy (non-hydrogen) atoms. The van der Waals surface area contributed by atoms with E-state index in [2.05, 4.69) is 41.3 Å². The minimum Gasteiger partial charge on any atom is -0.386 e. The first-order valence-corrected chi connectivity index (χ1v) is 26.1. The van der Waals surface area contributed by atoms with Crippen molar-refractivity contribution in [1.29, 1.82) is 0 Å². The average Bonchev–Trinajstić information content (AvgIpc) is 3.76. The number of ether oxygens (including phenoxy) is 1. The predicted molar refractivity (Wildman–Crippen MR) is 234 cm³/mol. The van der Waals surface area contributed by atoms with Crippen LogP contribution in [0.15, 0.2) is 12.7 Å². The number of amides is 2. The molecule has 0 spiro atoms. The van der Waals surface area contributed by atoms with Gasteiger partial charge in [0.05, 0.1) is 19.5 Å². The van der Waals surface area contributed by atoms with Crippen molar-refractivity contribution < 1.29 is 80.5 Å². The quantitative estimate of drug-likeness (QED) is 0.0298. The van der Waals surface area contributed by atoms with E-state index < -0.39 is 84.6 Å². The zero-order valence-corrected chi connectivity index (χ0v) is 42.1. The molecule has 361 valence electrons. The maximum atomic E-state index is 12.7. The molecule has 24 nitrogen and oxygen atoms in total. The normalized spacial score (nSPS) is 20.3. The molecule has 2 aromatic heterocycles. The Labute approximate surface area is 398 Å². The molecular weight excluding hydrogens is 938 g/mol. The zero-order chi connectivity index (χ0) is 46.8. The topological polar surface area (TPSA) is 364 Å². The number of nitrogen functional groups attached to an aromatic ring is 1. The first-order valence-electron chi connectivity index (χ1n) is 20.6. The fraction of sp³-hybridized carbons (Fsp3) is 0.771. The van der Waals surface area contributed by atoms with Gasteiger partial charge >= 0.3 is 23.5 Å². The first-order chi connectivity index (χ1) is 29.6. The van der Waals surface area contributed by atoms with Crippen LogP contribution in [0.5, 0.6) is 0 Å². The number of carbonyl (C=O) groups excluding carboxylic acids is 3. The molecule has 1 fully saturated rings. The van der Waals surface area contributed by atoms with E-state index in [1.165, 1.54) is 65.2 Å². The Balaban J connectivity index is 0.0000141. The summed E-state index contributed by atoms with van der Waals surface area (Å²) in [6, 6.07) is 0. The summed E-state index contributed by atoms with van der Waals surface area (Å²) in [5.41, 5.74) is 4.29. The second-order valence-corrected chi connectivity index (χ2v) is 21.0. The van der Waals surface area contributed by atoms with Gasteiger partial charge in [-0.05, 0) is 6.42 Å². The summed E-state index contributed by atoms with van der Waals surface area (Å²) < 4.78 is 62.3. The molecule has 29 heteroatoms. The molecule has 0 saturated carbocycles. The van der Waals surface area contributed by atoms with Gasteiger partial charge in [0.25, 0.3) is 0 Å². The second kappa shape index (κ2) is 28.1. The third-order valence-electron chi connectivity index (χ3n) is 9.75. The summed E-state index contributed by atoms with van der Waals surface area (Å²) >= 11 is 1.15. The van der Waals surface area contributed by atoms with Crippen LogP contribution in [-0.4, -0.2) is 152 Å². The van der Waals surface area contributed by atoms with E-state index in [4.69, 9.17) is 19.5 Å². The van der Waals surface area contributed by atoms with E-state index in [0.29, 0.717) is 12.2 Å². The van der Waals surface area contributed by atoms with Crippen molar-refractivity contribution in [3.05, 3.63) is 12.7 Å². The van der Waals surface area contributed by atoms with Crippen LogP contribution in [-0.2, 0) is 50.7 Å². The molecule has 3 rings (SSSR count). The van der Waals surface area contributed by atoms with Gasteiger partial charge in [0.2, 0.25) is 11.8 Å². The van der Waals surface area contributed by atoms with E-state index >= 15 is 0 Å². The number of fused-ring (bicyclic) bond motifs is 1. The van der Waals surface area contributed by atoms with Gasteiger partial charge in [-0.3, -0.25) is 32.5 Å². The number of unbranched alkanes of at least 4 members (excludes halogenated alkanes) is 10. The standard InChI is InChI=1S/C35H62N7O17P3S.Na/c1-4-5-6-7-8-9-10-11-12-13-14-15-26(44)63-19-18-37-25(43)16-17-38-33(47)30(46)35(2,3)21-56-62(53,54)59-61(51,52)55-20-24-29(58-60(48,49)50)28(45)34(57-24)42-23-41-27-31(36)39-22-40-32(27)42;/h22-24,28-30,34,45-46H,4-21H2,1-3H3,(H,37,43)(H,38,47)(H,51,52)(H,53,54)(H2,36,39,40)(H2,48,49,50);/t24-,28-,29-,30+,34-;/m1./s1. The maximum Gasteiger partial charge on any atom is 0.481 e. The Morgan fingerprint density at radius 3 is 2.14 bits per heavy atom. The Morgan fingerprint density at radius 1 is 0.906 bits per heavy atom. The average molecular weight is 1000 g/mol. The van der Waals surface area contributed by atoms with Crippen LogP contribution in [0.4, 0.5) is 5.82 Å². The van der Waals surface area contributed by atoms with Gasteiger partial charge in [0.1, 0.15) is 36.3 Å². The van der Waals surface area contributed by atoms with Crippen molar-refractivity contribution in [3.8, 4) is 0 Å². The van der Waals surface area contributed by atoms with Gasteiger partial charge in [-0.15, -0.1) is 0 Å². The number of thioether (sulfide) groups is 1. The van der Waals surface area contributed by atoms with Crippen LogP contribution in [0.25, 0.3) is 11.2 Å². The number of rotatable bonds is 31. The number of aromatic nitrogens is 4. The Hall–Kier alpha value is -1.44. The number of imidazole rings is 1. The largest absolute Gasteiger partial charge is 0.481 e. The van der Waals surface area contributed by atoms with Gasteiger partial charge < -0.3 is 50.9 Å². The number of carbonyl (C=O) groups is 3. The Morgan fingerprint density at radius 2 is 1.52 bits per heavy atom. The number of anilines is 1. The number of aliphatic hydroxyl groups excluding tert-OH is 2. The minimum absolute atomic E-state index is 0. The molecule has 0 bridgehead atoms. The van der Waals surface area contributed by atoms with Crippen LogP contribution in [0.2, 0.25) is 0 Å². The number of nitrogens with two attached hydrogens (primary N) is 1. The number of phosphoric ester groups is 3. The number of phosphoric acid groups is 3. The minimum atomic E-state index is -5.57. The van der Waals surface area contributed by atoms with E-state index in [1.807, 2.05) is 0 Å². The van der Waals surface area contributed by atoms with E-state index in [9.17, 15) is 57.9 Å². The monoisotopic (exact) mass is 1000 g/mol. The molecule has 0 aliphatic carbocycles. The fourth-order valence-electron chi connectivity index (χ4n) is 6.30. The van der Waals surface area contributed by atoms with E-state index in [-0.39, 0.29) is 71.2 Å². The van der Waals surface area contributed by atoms with Gasteiger partial charge in [-0.2, -0.15) is 4.31 Å².